The minimum atomic E-state index is -0.766. The first-order valence-corrected chi connectivity index (χ1v) is 8.16. The molecule has 8 heteroatoms. The zero-order valence-corrected chi connectivity index (χ0v) is 15.1. The number of hydrogen-bond acceptors (Lipinski definition) is 5. The van der Waals surface area contributed by atoms with Crippen molar-refractivity contribution in [1.82, 2.24) is 10.3 Å². The van der Waals surface area contributed by atoms with Gasteiger partial charge in [-0.15, -0.1) is 0 Å². The molecule has 0 unspecified atom stereocenters. The summed E-state index contributed by atoms with van der Waals surface area (Å²) in [4.78, 5) is 39.3. The van der Waals surface area contributed by atoms with Gasteiger partial charge in [-0.1, -0.05) is 29.8 Å². The normalized spacial score (nSPS) is 10.1. The van der Waals surface area contributed by atoms with Gasteiger partial charge in [0.1, 0.15) is 5.15 Å². The average Bonchev–Trinajstić information content (AvgIpc) is 2.61. The summed E-state index contributed by atoms with van der Waals surface area (Å²) in [7, 11) is 0. The van der Waals surface area contributed by atoms with E-state index in [4.69, 9.17) is 16.3 Å². The van der Waals surface area contributed by atoms with E-state index < -0.39 is 18.5 Å². The molecule has 2 N–H and O–H groups in total. The molecule has 0 spiro atoms. The molecule has 136 valence electrons. The molecule has 0 radical (unpaired) electrons. The lowest BCUT2D eigenvalue weighted by Crippen LogP contribution is -2.35. The Morgan fingerprint density at radius 3 is 2.42 bits per heavy atom. The Labute approximate surface area is 155 Å². The number of carbonyl (C=O) groups is 3. The third-order valence-corrected chi connectivity index (χ3v) is 3.81. The first kappa shape index (κ1) is 19.4. The van der Waals surface area contributed by atoms with Gasteiger partial charge in [-0.2, -0.15) is 0 Å². The van der Waals surface area contributed by atoms with Crippen LogP contribution in [0.4, 0.5) is 5.69 Å². The molecule has 1 aromatic heterocycles. The van der Waals surface area contributed by atoms with Gasteiger partial charge in [0.2, 0.25) is 5.91 Å². The highest BCUT2D eigenvalue weighted by Gasteiger charge is 2.15. The molecule has 2 rings (SSSR count). The average molecular weight is 376 g/mol. The Hall–Kier alpha value is -2.93. The predicted octanol–water partition coefficient (Wildman–Crippen LogP) is 2.26. The van der Waals surface area contributed by atoms with Gasteiger partial charge in [-0.05, 0) is 37.1 Å². The summed E-state index contributed by atoms with van der Waals surface area (Å²) in [6.07, 6.45) is 1.43. The van der Waals surface area contributed by atoms with Crippen LogP contribution in [0.1, 0.15) is 21.5 Å². The van der Waals surface area contributed by atoms with Gasteiger partial charge < -0.3 is 15.4 Å². The number of esters is 1. The molecular formula is C18H18ClN3O4. The van der Waals surface area contributed by atoms with Crippen molar-refractivity contribution in [2.45, 2.75) is 13.8 Å². The van der Waals surface area contributed by atoms with E-state index in [9.17, 15) is 14.4 Å². The number of benzene rings is 1. The van der Waals surface area contributed by atoms with Crippen LogP contribution < -0.4 is 10.6 Å². The number of rotatable bonds is 6. The highest BCUT2D eigenvalue weighted by atomic mass is 35.5. The van der Waals surface area contributed by atoms with Crippen LogP contribution in [0.15, 0.2) is 36.5 Å². The molecule has 1 heterocycles. The van der Waals surface area contributed by atoms with Crippen molar-refractivity contribution in [2.75, 3.05) is 18.5 Å². The summed E-state index contributed by atoms with van der Waals surface area (Å²) in [6, 6.07) is 8.62. The maximum atomic E-state index is 12.0. The van der Waals surface area contributed by atoms with Crippen LogP contribution in [-0.2, 0) is 14.3 Å². The quantitative estimate of drug-likeness (QED) is 0.596. The SMILES string of the molecule is Cc1cccc(C)c1NC(=O)CNC(=O)COC(=O)c1cccnc1Cl. The number of ether oxygens (including phenoxy) is 1. The summed E-state index contributed by atoms with van der Waals surface area (Å²) in [5.41, 5.74) is 2.62. The van der Waals surface area contributed by atoms with E-state index >= 15 is 0 Å². The molecule has 2 aromatic rings. The maximum absolute atomic E-state index is 12.0. The second-order valence-electron chi connectivity index (χ2n) is 5.51. The minimum Gasteiger partial charge on any atom is -0.452 e. The molecule has 0 aliphatic rings. The van der Waals surface area contributed by atoms with E-state index in [1.807, 2.05) is 32.0 Å². The molecule has 0 aliphatic carbocycles. The zero-order valence-electron chi connectivity index (χ0n) is 14.3. The first-order chi connectivity index (χ1) is 12.4. The van der Waals surface area contributed by atoms with E-state index in [1.54, 1.807) is 0 Å². The summed E-state index contributed by atoms with van der Waals surface area (Å²) in [5, 5.41) is 5.12. The molecule has 0 bridgehead atoms. The zero-order chi connectivity index (χ0) is 19.1. The van der Waals surface area contributed by atoms with Crippen LogP contribution in [0.3, 0.4) is 0 Å². The Bertz CT molecular complexity index is 819. The number of aromatic nitrogens is 1. The van der Waals surface area contributed by atoms with E-state index in [0.29, 0.717) is 5.69 Å². The third kappa shape index (κ3) is 5.29. The van der Waals surface area contributed by atoms with Crippen LogP contribution in [-0.4, -0.2) is 35.9 Å². The number of para-hydroxylation sites is 1. The number of carbonyl (C=O) groups excluding carboxylic acids is 3. The van der Waals surface area contributed by atoms with Crippen molar-refractivity contribution in [2.24, 2.45) is 0 Å². The first-order valence-electron chi connectivity index (χ1n) is 7.79. The maximum Gasteiger partial charge on any atom is 0.341 e. The van der Waals surface area contributed by atoms with Crippen molar-refractivity contribution in [3.05, 3.63) is 58.4 Å². The van der Waals surface area contributed by atoms with E-state index in [-0.39, 0.29) is 23.2 Å². The van der Waals surface area contributed by atoms with Crippen molar-refractivity contribution in [3.63, 3.8) is 0 Å². The molecule has 0 saturated carbocycles. The fourth-order valence-electron chi connectivity index (χ4n) is 2.17. The fourth-order valence-corrected chi connectivity index (χ4v) is 2.37. The number of halogens is 1. The molecule has 26 heavy (non-hydrogen) atoms. The molecule has 0 saturated heterocycles. The van der Waals surface area contributed by atoms with Crippen molar-refractivity contribution in [3.8, 4) is 0 Å². The molecule has 0 fully saturated rings. The van der Waals surface area contributed by atoms with Gasteiger partial charge in [0.05, 0.1) is 12.1 Å². The standard InChI is InChI=1S/C18H18ClN3O4/c1-11-5-3-6-12(2)16(11)22-14(23)9-21-15(24)10-26-18(25)13-7-4-8-20-17(13)19/h3-8H,9-10H2,1-2H3,(H,21,24)(H,22,23). The number of pyridine rings is 1. The van der Waals surface area contributed by atoms with Gasteiger partial charge in [0, 0.05) is 11.9 Å². The monoisotopic (exact) mass is 375 g/mol. The van der Waals surface area contributed by atoms with Crippen LogP contribution in [0, 0.1) is 13.8 Å². The number of nitrogens with zero attached hydrogens (tertiary/aromatic N) is 1. The summed E-state index contributed by atoms with van der Waals surface area (Å²) in [6.45, 7) is 2.99. The summed E-state index contributed by atoms with van der Waals surface area (Å²) in [5.74, 6) is -1.74. The van der Waals surface area contributed by atoms with E-state index in [2.05, 4.69) is 15.6 Å². The van der Waals surface area contributed by atoms with Gasteiger partial charge >= 0.3 is 5.97 Å². The highest BCUT2D eigenvalue weighted by molar-refractivity contribution is 6.32. The Kier molecular flexibility index (Phi) is 6.68. The number of aryl methyl sites for hydroxylation is 2. The molecule has 7 nitrogen and oxygen atoms in total. The van der Waals surface area contributed by atoms with Crippen LogP contribution in [0.25, 0.3) is 0 Å². The molecule has 2 amide bonds. The second-order valence-corrected chi connectivity index (χ2v) is 5.87. The number of amides is 2. The predicted molar refractivity (Wildman–Crippen MR) is 97.1 cm³/mol. The van der Waals surface area contributed by atoms with Crippen LogP contribution >= 0.6 is 11.6 Å². The topological polar surface area (TPSA) is 97.4 Å². The summed E-state index contributed by atoms with van der Waals surface area (Å²) >= 11 is 5.77. The lowest BCUT2D eigenvalue weighted by molar-refractivity contribution is -0.126. The molecule has 1 aromatic carbocycles. The third-order valence-electron chi connectivity index (χ3n) is 3.51. The Balaban J connectivity index is 1.79. The molecular weight excluding hydrogens is 358 g/mol. The Morgan fingerprint density at radius 2 is 1.77 bits per heavy atom. The number of anilines is 1. The minimum absolute atomic E-state index is 0.00844. The van der Waals surface area contributed by atoms with E-state index in [0.717, 1.165) is 11.1 Å². The second kappa shape index (κ2) is 8.96. The van der Waals surface area contributed by atoms with Gasteiger partial charge in [-0.3, -0.25) is 9.59 Å². The van der Waals surface area contributed by atoms with Gasteiger partial charge in [-0.25, -0.2) is 9.78 Å². The van der Waals surface area contributed by atoms with Crippen molar-refractivity contribution in [1.29, 1.82) is 0 Å². The molecule has 0 aliphatic heterocycles. The van der Waals surface area contributed by atoms with Gasteiger partial charge in [0.15, 0.2) is 6.61 Å². The largest absolute Gasteiger partial charge is 0.452 e. The Morgan fingerprint density at radius 1 is 1.08 bits per heavy atom. The number of nitrogens with one attached hydrogen (secondary N) is 2. The smallest absolute Gasteiger partial charge is 0.341 e. The number of hydrogen-bond donors (Lipinski definition) is 2. The van der Waals surface area contributed by atoms with Crippen LogP contribution in [0.2, 0.25) is 5.15 Å². The van der Waals surface area contributed by atoms with Gasteiger partial charge in [0.25, 0.3) is 5.91 Å². The van der Waals surface area contributed by atoms with Crippen LogP contribution in [0.5, 0.6) is 0 Å². The van der Waals surface area contributed by atoms with E-state index in [1.165, 1.54) is 18.3 Å². The lowest BCUT2D eigenvalue weighted by Gasteiger charge is -2.12. The fraction of sp³-hybridized carbons (Fsp3) is 0.222. The lowest BCUT2D eigenvalue weighted by atomic mass is 10.1. The highest BCUT2D eigenvalue weighted by Crippen LogP contribution is 2.19. The van der Waals surface area contributed by atoms with Crippen molar-refractivity contribution >= 4 is 35.1 Å². The summed E-state index contributed by atoms with van der Waals surface area (Å²) < 4.78 is 4.85. The molecule has 0 atom stereocenters. The van der Waals surface area contributed by atoms with Crippen molar-refractivity contribution < 1.29 is 19.1 Å².